The van der Waals surface area contributed by atoms with Crippen LogP contribution in [0.4, 0.5) is 11.5 Å². The Hall–Kier alpha value is -3.08. The number of benzene rings is 2. The van der Waals surface area contributed by atoms with Gasteiger partial charge in [0.1, 0.15) is 5.75 Å². The summed E-state index contributed by atoms with van der Waals surface area (Å²) in [6.45, 7) is 6.28. The number of Topliss-reactive ketones (excluding diaryl/α,β-unsaturated/α-hetero) is 1. The normalized spacial score (nSPS) is 16.0. The van der Waals surface area contributed by atoms with Gasteiger partial charge in [0.15, 0.2) is 11.6 Å². The van der Waals surface area contributed by atoms with E-state index in [1.54, 1.807) is 7.11 Å². The third-order valence-corrected chi connectivity index (χ3v) is 5.51. The number of rotatable bonds is 4. The quantitative estimate of drug-likeness (QED) is 0.697. The first kappa shape index (κ1) is 18.3. The van der Waals surface area contributed by atoms with Gasteiger partial charge in [0, 0.05) is 12.1 Å². The molecule has 1 unspecified atom stereocenters. The van der Waals surface area contributed by atoms with Crippen molar-refractivity contribution in [1.82, 2.24) is 9.78 Å². The highest BCUT2D eigenvalue weighted by Gasteiger charge is 2.31. The maximum absolute atomic E-state index is 12.9. The van der Waals surface area contributed by atoms with Gasteiger partial charge in [0.2, 0.25) is 0 Å². The van der Waals surface area contributed by atoms with Gasteiger partial charge in [-0.1, -0.05) is 19.1 Å². The van der Waals surface area contributed by atoms with Gasteiger partial charge in [-0.15, -0.1) is 5.10 Å². The van der Waals surface area contributed by atoms with Crippen LogP contribution in [-0.2, 0) is 6.42 Å². The Morgan fingerprint density at radius 2 is 1.86 bits per heavy atom. The van der Waals surface area contributed by atoms with Crippen LogP contribution in [0.1, 0.15) is 40.5 Å². The first-order chi connectivity index (χ1) is 13.5. The number of ketones is 1. The van der Waals surface area contributed by atoms with Gasteiger partial charge in [-0.3, -0.25) is 4.79 Å². The number of nitrogens with one attached hydrogen (secondary N) is 1. The molecule has 1 aliphatic carbocycles. The summed E-state index contributed by atoms with van der Waals surface area (Å²) in [6.07, 6.45) is 1.39. The molecule has 3 aromatic rings. The summed E-state index contributed by atoms with van der Waals surface area (Å²) in [5.41, 5.74) is 5.96. The third-order valence-electron chi connectivity index (χ3n) is 5.51. The number of carbonyl (C=O) groups is 1. The van der Waals surface area contributed by atoms with Crippen LogP contribution in [0.15, 0.2) is 42.5 Å². The van der Waals surface area contributed by atoms with Crippen molar-refractivity contribution in [3.8, 4) is 11.4 Å². The molecule has 0 aliphatic heterocycles. The summed E-state index contributed by atoms with van der Waals surface area (Å²) in [6, 6.07) is 13.9. The SMILES string of the molecule is COc1ccc(-n2nc(Nc3cccc(C)c3C)c3c2CC(C)CC3=O)cc1. The van der Waals surface area contributed by atoms with Crippen LogP contribution in [0.3, 0.4) is 0 Å². The van der Waals surface area contributed by atoms with Crippen molar-refractivity contribution in [2.24, 2.45) is 5.92 Å². The first-order valence-electron chi connectivity index (χ1n) is 9.60. The molecule has 2 aromatic carbocycles. The van der Waals surface area contributed by atoms with Crippen molar-refractivity contribution in [2.45, 2.75) is 33.6 Å². The lowest BCUT2D eigenvalue weighted by Gasteiger charge is -2.19. The monoisotopic (exact) mass is 375 g/mol. The Balaban J connectivity index is 1.83. The molecule has 0 amide bonds. The van der Waals surface area contributed by atoms with Crippen LogP contribution in [0.2, 0.25) is 0 Å². The first-order valence-corrected chi connectivity index (χ1v) is 9.60. The van der Waals surface area contributed by atoms with Gasteiger partial charge >= 0.3 is 0 Å². The van der Waals surface area contributed by atoms with Crippen LogP contribution < -0.4 is 10.1 Å². The molecule has 0 saturated heterocycles. The largest absolute Gasteiger partial charge is 0.497 e. The molecule has 1 N–H and O–H groups in total. The molecular formula is C23H25N3O2. The summed E-state index contributed by atoms with van der Waals surface area (Å²) >= 11 is 0. The molecule has 1 atom stereocenters. The summed E-state index contributed by atoms with van der Waals surface area (Å²) in [7, 11) is 1.65. The number of nitrogens with zero attached hydrogens (tertiary/aromatic N) is 2. The van der Waals surface area contributed by atoms with Crippen molar-refractivity contribution in [2.75, 3.05) is 12.4 Å². The Labute approximate surface area is 165 Å². The van der Waals surface area contributed by atoms with E-state index < -0.39 is 0 Å². The van der Waals surface area contributed by atoms with Gasteiger partial charge in [-0.2, -0.15) is 0 Å². The van der Waals surface area contributed by atoms with E-state index in [-0.39, 0.29) is 5.78 Å². The number of fused-ring (bicyclic) bond motifs is 1. The van der Waals surface area contributed by atoms with Crippen molar-refractivity contribution in [1.29, 1.82) is 0 Å². The van der Waals surface area contributed by atoms with E-state index in [4.69, 9.17) is 9.84 Å². The second-order valence-electron chi connectivity index (χ2n) is 7.59. The second-order valence-corrected chi connectivity index (χ2v) is 7.59. The molecule has 0 bridgehead atoms. The maximum Gasteiger partial charge on any atom is 0.168 e. The van der Waals surface area contributed by atoms with Gasteiger partial charge in [0.25, 0.3) is 0 Å². The summed E-state index contributed by atoms with van der Waals surface area (Å²) in [4.78, 5) is 12.9. The van der Waals surface area contributed by atoms with E-state index in [2.05, 4.69) is 32.2 Å². The van der Waals surface area contributed by atoms with E-state index in [0.717, 1.165) is 40.4 Å². The molecule has 0 saturated carbocycles. The molecule has 1 aromatic heterocycles. The lowest BCUT2D eigenvalue weighted by atomic mass is 9.87. The fraction of sp³-hybridized carbons (Fsp3) is 0.304. The number of methoxy groups -OCH3 is 1. The van der Waals surface area contributed by atoms with E-state index in [9.17, 15) is 4.79 Å². The number of ether oxygens (including phenoxy) is 1. The Morgan fingerprint density at radius 3 is 2.57 bits per heavy atom. The van der Waals surface area contributed by atoms with Crippen LogP contribution in [0.5, 0.6) is 5.75 Å². The fourth-order valence-corrected chi connectivity index (χ4v) is 3.79. The molecule has 5 heteroatoms. The maximum atomic E-state index is 12.9. The van der Waals surface area contributed by atoms with E-state index in [0.29, 0.717) is 18.2 Å². The van der Waals surface area contributed by atoms with E-state index >= 15 is 0 Å². The van der Waals surface area contributed by atoms with Gasteiger partial charge in [0.05, 0.1) is 24.1 Å². The average molecular weight is 375 g/mol. The Morgan fingerprint density at radius 1 is 1.11 bits per heavy atom. The van der Waals surface area contributed by atoms with Gasteiger partial charge in [-0.25, -0.2) is 4.68 Å². The molecule has 28 heavy (non-hydrogen) atoms. The minimum absolute atomic E-state index is 0.154. The molecule has 0 radical (unpaired) electrons. The zero-order valence-electron chi connectivity index (χ0n) is 16.7. The average Bonchev–Trinajstić information content (AvgIpc) is 3.04. The second kappa shape index (κ2) is 7.15. The van der Waals surface area contributed by atoms with Crippen molar-refractivity contribution in [3.05, 3.63) is 64.8 Å². The van der Waals surface area contributed by atoms with Crippen molar-refractivity contribution >= 4 is 17.3 Å². The standard InChI is InChI=1S/C23H25N3O2/c1-14-12-20-22(21(27)13-14)23(24-19-7-5-6-15(2)16(19)3)25-26(20)17-8-10-18(28-4)11-9-17/h5-11,14H,12-13H2,1-4H3,(H,24,25). The van der Waals surface area contributed by atoms with Crippen LogP contribution >= 0.6 is 0 Å². The predicted molar refractivity (Wildman–Crippen MR) is 111 cm³/mol. The van der Waals surface area contributed by atoms with E-state index in [1.807, 2.05) is 41.1 Å². The third kappa shape index (κ3) is 3.17. The molecule has 1 heterocycles. The predicted octanol–water partition coefficient (Wildman–Crippen LogP) is 5.01. The number of aromatic nitrogens is 2. The van der Waals surface area contributed by atoms with Crippen molar-refractivity contribution in [3.63, 3.8) is 0 Å². The minimum atomic E-state index is 0.154. The molecule has 0 spiro atoms. The number of carbonyl (C=O) groups excluding carboxylic acids is 1. The zero-order chi connectivity index (χ0) is 19.8. The highest BCUT2D eigenvalue weighted by atomic mass is 16.5. The molecule has 144 valence electrons. The molecule has 1 aliphatic rings. The minimum Gasteiger partial charge on any atom is -0.497 e. The highest BCUT2D eigenvalue weighted by molar-refractivity contribution is 6.03. The van der Waals surface area contributed by atoms with Gasteiger partial charge < -0.3 is 10.1 Å². The fourth-order valence-electron chi connectivity index (χ4n) is 3.79. The van der Waals surface area contributed by atoms with E-state index in [1.165, 1.54) is 5.56 Å². The van der Waals surface area contributed by atoms with Gasteiger partial charge in [-0.05, 0) is 67.6 Å². The number of hydrogen-bond acceptors (Lipinski definition) is 4. The highest BCUT2D eigenvalue weighted by Crippen LogP contribution is 2.34. The van der Waals surface area contributed by atoms with Crippen LogP contribution in [0.25, 0.3) is 5.69 Å². The summed E-state index contributed by atoms with van der Waals surface area (Å²) < 4.78 is 7.16. The lowest BCUT2D eigenvalue weighted by molar-refractivity contribution is 0.0953. The topological polar surface area (TPSA) is 56.1 Å². The Kier molecular flexibility index (Phi) is 4.67. The lowest BCUT2D eigenvalue weighted by Crippen LogP contribution is -2.19. The number of aryl methyl sites for hydroxylation is 1. The Bertz CT molecular complexity index is 1030. The zero-order valence-corrected chi connectivity index (χ0v) is 16.7. The number of anilines is 2. The molecule has 0 fully saturated rings. The molecule has 4 rings (SSSR count). The molecular weight excluding hydrogens is 350 g/mol. The van der Waals surface area contributed by atoms with Crippen LogP contribution in [0, 0.1) is 19.8 Å². The van der Waals surface area contributed by atoms with Crippen molar-refractivity contribution < 1.29 is 9.53 Å². The summed E-state index contributed by atoms with van der Waals surface area (Å²) in [5.74, 6) is 1.89. The van der Waals surface area contributed by atoms with Crippen LogP contribution in [-0.4, -0.2) is 22.7 Å². The number of hydrogen-bond donors (Lipinski definition) is 1. The summed E-state index contributed by atoms with van der Waals surface area (Å²) in [5, 5.41) is 8.23. The molecule has 5 nitrogen and oxygen atoms in total. The smallest absolute Gasteiger partial charge is 0.168 e.